The van der Waals surface area contributed by atoms with Crippen molar-refractivity contribution >= 4 is 38.6 Å². The van der Waals surface area contributed by atoms with E-state index in [1.165, 1.54) is 23.0 Å². The normalized spacial score (nSPS) is 11.1. The molecule has 7 heteroatoms. The van der Waals surface area contributed by atoms with Gasteiger partial charge in [-0.3, -0.25) is 0 Å². The maximum absolute atomic E-state index is 9.79. The number of aromatic hydroxyl groups is 2. The number of fused-ring (bicyclic) bond motifs is 1. The van der Waals surface area contributed by atoms with Gasteiger partial charge >= 0.3 is 0 Å². The maximum atomic E-state index is 9.79. The second kappa shape index (κ2) is 4.40. The molecule has 1 aromatic heterocycles. The third-order valence-corrected chi connectivity index (χ3v) is 3.89. The van der Waals surface area contributed by atoms with Gasteiger partial charge < -0.3 is 10.2 Å². The predicted molar refractivity (Wildman–Crippen MR) is 74.9 cm³/mol. The Labute approximate surface area is 121 Å². The molecule has 3 rings (SSSR count). The Morgan fingerprint density at radius 2 is 1.89 bits per heavy atom. The summed E-state index contributed by atoms with van der Waals surface area (Å²) >= 11 is 9.44. The monoisotopic (exact) mass is 339 g/mol. The van der Waals surface area contributed by atoms with Gasteiger partial charge in [0.15, 0.2) is 0 Å². The zero-order valence-corrected chi connectivity index (χ0v) is 11.7. The van der Waals surface area contributed by atoms with Crippen LogP contribution in [0, 0.1) is 0 Å². The lowest BCUT2D eigenvalue weighted by atomic mass is 10.3. The third-order valence-electron chi connectivity index (χ3n) is 2.62. The molecule has 3 aromatic rings. The van der Waals surface area contributed by atoms with E-state index in [-0.39, 0.29) is 11.5 Å². The van der Waals surface area contributed by atoms with E-state index in [0.717, 1.165) is 4.47 Å². The van der Waals surface area contributed by atoms with Crippen molar-refractivity contribution < 1.29 is 10.2 Å². The zero-order chi connectivity index (χ0) is 13.6. The number of hydrogen-bond donors (Lipinski definition) is 2. The minimum Gasteiger partial charge on any atom is -0.508 e. The summed E-state index contributed by atoms with van der Waals surface area (Å²) in [5, 5.41) is 28.0. The molecular weight excluding hydrogens is 334 g/mol. The summed E-state index contributed by atoms with van der Waals surface area (Å²) < 4.78 is 0.726. The molecule has 0 aliphatic carbocycles. The van der Waals surface area contributed by atoms with Crippen LogP contribution in [0.2, 0.25) is 5.02 Å². The van der Waals surface area contributed by atoms with Crippen molar-refractivity contribution in [3.05, 3.63) is 39.8 Å². The van der Waals surface area contributed by atoms with Crippen molar-refractivity contribution in [2.75, 3.05) is 0 Å². The largest absolute Gasteiger partial charge is 0.508 e. The summed E-state index contributed by atoms with van der Waals surface area (Å²) in [6.45, 7) is 0. The summed E-state index contributed by atoms with van der Waals surface area (Å²) in [6.07, 6.45) is 0. The lowest BCUT2D eigenvalue weighted by Gasteiger charge is -2.02. The predicted octanol–water partition coefficient (Wildman–Crippen LogP) is 3.25. The highest BCUT2D eigenvalue weighted by atomic mass is 79.9. The average molecular weight is 341 g/mol. The molecule has 0 spiro atoms. The van der Waals surface area contributed by atoms with Gasteiger partial charge in [0.2, 0.25) is 0 Å². The van der Waals surface area contributed by atoms with Crippen molar-refractivity contribution in [2.24, 2.45) is 0 Å². The Hall–Kier alpha value is -1.79. The first-order chi connectivity index (χ1) is 9.06. The second-order valence-electron chi connectivity index (χ2n) is 3.89. The molecule has 5 nitrogen and oxygen atoms in total. The van der Waals surface area contributed by atoms with Gasteiger partial charge in [0.25, 0.3) is 0 Å². The van der Waals surface area contributed by atoms with E-state index in [4.69, 9.17) is 11.6 Å². The van der Waals surface area contributed by atoms with Crippen molar-refractivity contribution in [3.8, 4) is 17.2 Å². The van der Waals surface area contributed by atoms with Crippen LogP contribution >= 0.6 is 27.5 Å². The molecule has 0 radical (unpaired) electrons. The lowest BCUT2D eigenvalue weighted by molar-refractivity contribution is 0.446. The molecule has 96 valence electrons. The Morgan fingerprint density at radius 3 is 2.63 bits per heavy atom. The molecule has 0 amide bonds. The van der Waals surface area contributed by atoms with Crippen LogP contribution in [-0.2, 0) is 0 Å². The smallest absolute Gasteiger partial charge is 0.146 e. The first-order valence-corrected chi connectivity index (χ1v) is 6.47. The molecule has 0 atom stereocenters. The zero-order valence-electron chi connectivity index (χ0n) is 9.38. The minimum atomic E-state index is -0.115. The Morgan fingerprint density at radius 1 is 1.11 bits per heavy atom. The molecule has 0 saturated carbocycles. The van der Waals surface area contributed by atoms with E-state index in [9.17, 15) is 10.2 Å². The molecule has 1 heterocycles. The first-order valence-electron chi connectivity index (χ1n) is 5.29. The van der Waals surface area contributed by atoms with Gasteiger partial charge in [0, 0.05) is 10.5 Å². The van der Waals surface area contributed by atoms with Crippen LogP contribution in [0.5, 0.6) is 11.5 Å². The molecule has 19 heavy (non-hydrogen) atoms. The molecule has 2 aromatic carbocycles. The fraction of sp³-hybridized carbons (Fsp3) is 0. The summed E-state index contributed by atoms with van der Waals surface area (Å²) in [6, 6.07) is 7.74. The van der Waals surface area contributed by atoms with Crippen LogP contribution in [0.25, 0.3) is 16.7 Å². The van der Waals surface area contributed by atoms with E-state index < -0.39 is 0 Å². The van der Waals surface area contributed by atoms with E-state index in [0.29, 0.717) is 21.7 Å². The van der Waals surface area contributed by atoms with Gasteiger partial charge in [-0.2, -0.15) is 0 Å². The van der Waals surface area contributed by atoms with Gasteiger partial charge in [-0.15, -0.1) is 15.0 Å². The molecule has 0 aliphatic heterocycles. The van der Waals surface area contributed by atoms with Crippen LogP contribution in [0.1, 0.15) is 0 Å². The summed E-state index contributed by atoms with van der Waals surface area (Å²) in [5.74, 6) is -0.144. The highest BCUT2D eigenvalue weighted by Gasteiger charge is 2.12. The number of hydrogen-bond acceptors (Lipinski definition) is 4. The fourth-order valence-corrected chi connectivity index (χ4v) is 2.23. The standard InChI is InChI=1S/C12H7BrClN3O2/c13-7-2-3-8-12(11(7)14)16-17(15-8)9-4-1-6(18)5-10(9)19/h1-5,18-19H. The summed E-state index contributed by atoms with van der Waals surface area (Å²) in [7, 11) is 0. The quantitative estimate of drug-likeness (QED) is 0.713. The van der Waals surface area contributed by atoms with Crippen LogP contribution in [-0.4, -0.2) is 25.2 Å². The molecule has 0 bridgehead atoms. The number of phenolic OH excluding ortho intramolecular Hbond substituents is 2. The van der Waals surface area contributed by atoms with Crippen molar-refractivity contribution in [3.63, 3.8) is 0 Å². The topological polar surface area (TPSA) is 71.2 Å². The Balaban J connectivity index is 2.23. The Kier molecular flexibility index (Phi) is 2.83. The maximum Gasteiger partial charge on any atom is 0.146 e. The van der Waals surface area contributed by atoms with Crippen LogP contribution in [0.4, 0.5) is 0 Å². The first kappa shape index (κ1) is 12.3. The SMILES string of the molecule is Oc1ccc(-n2nc3ccc(Br)c(Cl)c3n2)c(O)c1. The number of aromatic nitrogens is 3. The highest BCUT2D eigenvalue weighted by Crippen LogP contribution is 2.31. The number of rotatable bonds is 1. The van der Waals surface area contributed by atoms with Crippen molar-refractivity contribution in [1.29, 1.82) is 0 Å². The molecule has 0 unspecified atom stereocenters. The van der Waals surface area contributed by atoms with Crippen LogP contribution in [0.15, 0.2) is 34.8 Å². The van der Waals surface area contributed by atoms with Gasteiger partial charge in [-0.25, -0.2) is 0 Å². The minimum absolute atomic E-state index is 0.0289. The fourth-order valence-electron chi connectivity index (χ4n) is 1.71. The lowest BCUT2D eigenvalue weighted by Crippen LogP contribution is -1.98. The van der Waals surface area contributed by atoms with Crippen LogP contribution < -0.4 is 0 Å². The van der Waals surface area contributed by atoms with Gasteiger partial charge in [-0.05, 0) is 40.2 Å². The number of nitrogens with zero attached hydrogens (tertiary/aromatic N) is 3. The summed E-state index contributed by atoms with van der Waals surface area (Å²) in [4.78, 5) is 1.28. The molecule has 2 N–H and O–H groups in total. The number of benzene rings is 2. The second-order valence-corrected chi connectivity index (χ2v) is 5.12. The molecule has 0 saturated heterocycles. The summed E-state index contributed by atoms with van der Waals surface area (Å²) in [5.41, 5.74) is 1.50. The van der Waals surface area contributed by atoms with Gasteiger partial charge in [0.05, 0.1) is 5.02 Å². The Bertz CT molecular complexity index is 788. The van der Waals surface area contributed by atoms with E-state index in [2.05, 4.69) is 26.1 Å². The molecule has 0 fully saturated rings. The number of phenols is 2. The third kappa shape index (κ3) is 2.02. The van der Waals surface area contributed by atoms with Gasteiger partial charge in [0.1, 0.15) is 28.2 Å². The van der Waals surface area contributed by atoms with Gasteiger partial charge in [-0.1, -0.05) is 11.6 Å². The van der Waals surface area contributed by atoms with Crippen molar-refractivity contribution in [2.45, 2.75) is 0 Å². The van der Waals surface area contributed by atoms with Crippen molar-refractivity contribution in [1.82, 2.24) is 15.0 Å². The highest BCUT2D eigenvalue weighted by molar-refractivity contribution is 9.10. The van der Waals surface area contributed by atoms with Crippen LogP contribution in [0.3, 0.4) is 0 Å². The van der Waals surface area contributed by atoms with E-state index in [1.54, 1.807) is 12.1 Å². The molecular formula is C12H7BrClN3O2. The number of halogens is 2. The average Bonchev–Trinajstić information content (AvgIpc) is 2.78. The van der Waals surface area contributed by atoms with E-state index in [1.807, 2.05) is 0 Å². The molecule has 0 aliphatic rings. The van der Waals surface area contributed by atoms with E-state index >= 15 is 0 Å².